The summed E-state index contributed by atoms with van der Waals surface area (Å²) in [5, 5.41) is 2.97. The van der Waals surface area contributed by atoms with Crippen LogP contribution in [0.15, 0.2) is 48.5 Å². The Kier molecular flexibility index (Phi) is 5.80. The van der Waals surface area contributed by atoms with Gasteiger partial charge in [0, 0.05) is 6.54 Å². The zero-order chi connectivity index (χ0) is 16.8. The van der Waals surface area contributed by atoms with Gasteiger partial charge in [0.2, 0.25) is 0 Å². The van der Waals surface area contributed by atoms with Crippen molar-refractivity contribution in [3.8, 4) is 5.75 Å². The molecule has 1 N–H and O–H groups in total. The molecule has 0 saturated heterocycles. The molecule has 0 spiro atoms. The van der Waals surface area contributed by atoms with Crippen molar-refractivity contribution in [2.45, 2.75) is 39.7 Å². The van der Waals surface area contributed by atoms with Gasteiger partial charge in [0.15, 0.2) is 6.10 Å². The van der Waals surface area contributed by atoms with E-state index in [-0.39, 0.29) is 11.8 Å². The lowest BCUT2D eigenvalue weighted by Gasteiger charge is -2.19. The first-order valence-electron chi connectivity index (χ1n) is 8.04. The summed E-state index contributed by atoms with van der Waals surface area (Å²) in [6, 6.07) is 16.1. The first kappa shape index (κ1) is 17.1. The molecule has 3 heteroatoms. The molecule has 0 unspecified atom stereocenters. The van der Waals surface area contributed by atoms with Crippen molar-refractivity contribution in [1.29, 1.82) is 0 Å². The molecule has 122 valence electrons. The molecule has 0 fully saturated rings. The van der Waals surface area contributed by atoms with Crippen LogP contribution in [0.2, 0.25) is 0 Å². The minimum Gasteiger partial charge on any atom is -0.481 e. The summed E-state index contributed by atoms with van der Waals surface area (Å²) >= 11 is 0. The van der Waals surface area contributed by atoms with Gasteiger partial charge in [-0.2, -0.15) is 0 Å². The van der Waals surface area contributed by atoms with Gasteiger partial charge in [0.1, 0.15) is 5.75 Å². The smallest absolute Gasteiger partial charge is 0.260 e. The Morgan fingerprint density at radius 2 is 1.74 bits per heavy atom. The fraction of sp³-hybridized carbons (Fsp3) is 0.350. The lowest BCUT2D eigenvalue weighted by molar-refractivity contribution is -0.127. The monoisotopic (exact) mass is 311 g/mol. The highest BCUT2D eigenvalue weighted by atomic mass is 16.5. The van der Waals surface area contributed by atoms with Crippen LogP contribution in [0.25, 0.3) is 0 Å². The maximum absolute atomic E-state index is 12.2. The van der Waals surface area contributed by atoms with Gasteiger partial charge in [-0.05, 0) is 49.4 Å². The van der Waals surface area contributed by atoms with Crippen LogP contribution in [0.4, 0.5) is 0 Å². The molecule has 2 rings (SSSR count). The molecule has 0 bridgehead atoms. The molecule has 2 atom stereocenters. The van der Waals surface area contributed by atoms with Crippen molar-refractivity contribution in [2.24, 2.45) is 0 Å². The van der Waals surface area contributed by atoms with Gasteiger partial charge in [0.05, 0.1) is 0 Å². The van der Waals surface area contributed by atoms with Crippen molar-refractivity contribution in [3.63, 3.8) is 0 Å². The van der Waals surface area contributed by atoms with E-state index in [1.807, 2.05) is 50.2 Å². The van der Waals surface area contributed by atoms with E-state index in [9.17, 15) is 4.79 Å². The van der Waals surface area contributed by atoms with Gasteiger partial charge in [-0.25, -0.2) is 0 Å². The largest absolute Gasteiger partial charge is 0.481 e. The van der Waals surface area contributed by atoms with Crippen molar-refractivity contribution in [1.82, 2.24) is 5.32 Å². The van der Waals surface area contributed by atoms with Crippen LogP contribution in [0.1, 0.15) is 36.5 Å². The van der Waals surface area contributed by atoms with Gasteiger partial charge >= 0.3 is 0 Å². The van der Waals surface area contributed by atoms with E-state index >= 15 is 0 Å². The third-order valence-corrected chi connectivity index (χ3v) is 4.18. The second-order valence-corrected chi connectivity index (χ2v) is 6.02. The highest BCUT2D eigenvalue weighted by Gasteiger charge is 2.17. The van der Waals surface area contributed by atoms with E-state index in [0.717, 1.165) is 16.9 Å². The third-order valence-electron chi connectivity index (χ3n) is 4.18. The molecule has 3 nitrogen and oxygen atoms in total. The Labute approximate surface area is 138 Å². The Balaban J connectivity index is 1.89. The fourth-order valence-electron chi connectivity index (χ4n) is 2.39. The molecule has 0 saturated carbocycles. The topological polar surface area (TPSA) is 38.3 Å². The highest BCUT2D eigenvalue weighted by molar-refractivity contribution is 5.80. The number of hydrogen-bond acceptors (Lipinski definition) is 2. The number of rotatable bonds is 6. The van der Waals surface area contributed by atoms with E-state index in [4.69, 9.17) is 4.74 Å². The minimum atomic E-state index is -0.515. The molecular weight excluding hydrogens is 286 g/mol. The number of hydrogen-bond donors (Lipinski definition) is 1. The van der Waals surface area contributed by atoms with Crippen molar-refractivity contribution in [3.05, 3.63) is 65.2 Å². The summed E-state index contributed by atoms with van der Waals surface area (Å²) in [6.45, 7) is 8.53. The number of ether oxygens (including phenoxy) is 1. The molecule has 2 aromatic carbocycles. The Hall–Kier alpha value is -2.29. The normalized spacial score (nSPS) is 13.2. The number of nitrogens with one attached hydrogen (secondary N) is 1. The molecule has 0 aliphatic rings. The molecule has 0 heterocycles. The molecule has 1 amide bonds. The van der Waals surface area contributed by atoms with Crippen molar-refractivity contribution < 1.29 is 9.53 Å². The number of carbonyl (C=O) groups excluding carboxylic acids is 1. The standard InChI is InChI=1S/C20H25NO2/c1-14-9-8-12-19(16(14)3)23-17(4)20(22)21-13-15(2)18-10-6-5-7-11-18/h5-12,15,17H,13H2,1-4H3,(H,21,22)/t15-,17+/m0/s1. The van der Waals surface area contributed by atoms with Crippen LogP contribution < -0.4 is 10.1 Å². The summed E-state index contributed by atoms with van der Waals surface area (Å²) in [7, 11) is 0. The lowest BCUT2D eigenvalue weighted by atomic mass is 10.0. The van der Waals surface area contributed by atoms with Gasteiger partial charge in [-0.3, -0.25) is 4.79 Å². The minimum absolute atomic E-state index is 0.0892. The lowest BCUT2D eigenvalue weighted by Crippen LogP contribution is -2.38. The third kappa shape index (κ3) is 4.59. The molecular formula is C20H25NO2. The van der Waals surface area contributed by atoms with Gasteiger partial charge in [0.25, 0.3) is 5.91 Å². The average molecular weight is 311 g/mol. The Morgan fingerprint density at radius 3 is 2.43 bits per heavy atom. The molecule has 0 aliphatic heterocycles. The molecule has 0 aliphatic carbocycles. The number of benzene rings is 2. The highest BCUT2D eigenvalue weighted by Crippen LogP contribution is 2.21. The number of carbonyl (C=O) groups is 1. The van der Waals surface area contributed by atoms with E-state index < -0.39 is 6.10 Å². The zero-order valence-corrected chi connectivity index (χ0v) is 14.3. The fourth-order valence-corrected chi connectivity index (χ4v) is 2.39. The predicted octanol–water partition coefficient (Wildman–Crippen LogP) is 3.99. The summed E-state index contributed by atoms with van der Waals surface area (Å²) in [5.74, 6) is 0.950. The Morgan fingerprint density at radius 1 is 1.04 bits per heavy atom. The first-order chi connectivity index (χ1) is 11.0. The van der Waals surface area contributed by atoms with E-state index in [2.05, 4.69) is 24.4 Å². The predicted molar refractivity (Wildman–Crippen MR) is 93.9 cm³/mol. The second-order valence-electron chi connectivity index (χ2n) is 6.02. The van der Waals surface area contributed by atoms with Crippen LogP contribution in [-0.2, 0) is 4.79 Å². The number of amides is 1. The quantitative estimate of drug-likeness (QED) is 0.876. The molecule has 0 radical (unpaired) electrons. The second kappa shape index (κ2) is 7.82. The molecule has 2 aromatic rings. The maximum Gasteiger partial charge on any atom is 0.260 e. The van der Waals surface area contributed by atoms with Crippen LogP contribution in [0, 0.1) is 13.8 Å². The maximum atomic E-state index is 12.2. The van der Waals surface area contributed by atoms with Crippen molar-refractivity contribution >= 4 is 5.91 Å². The van der Waals surface area contributed by atoms with Crippen LogP contribution in [-0.4, -0.2) is 18.6 Å². The summed E-state index contributed by atoms with van der Waals surface area (Å²) in [5.41, 5.74) is 3.45. The van der Waals surface area contributed by atoms with Crippen LogP contribution in [0.5, 0.6) is 5.75 Å². The summed E-state index contributed by atoms with van der Waals surface area (Å²) in [6.07, 6.45) is -0.515. The van der Waals surface area contributed by atoms with Gasteiger partial charge in [-0.15, -0.1) is 0 Å². The van der Waals surface area contributed by atoms with E-state index in [1.54, 1.807) is 6.92 Å². The average Bonchev–Trinajstić information content (AvgIpc) is 2.57. The van der Waals surface area contributed by atoms with E-state index in [1.165, 1.54) is 5.56 Å². The van der Waals surface area contributed by atoms with Crippen LogP contribution in [0.3, 0.4) is 0 Å². The first-order valence-corrected chi connectivity index (χ1v) is 8.04. The molecule has 0 aromatic heterocycles. The summed E-state index contributed by atoms with van der Waals surface area (Å²) in [4.78, 5) is 12.2. The summed E-state index contributed by atoms with van der Waals surface area (Å²) < 4.78 is 5.81. The van der Waals surface area contributed by atoms with E-state index in [0.29, 0.717) is 6.54 Å². The molecule has 23 heavy (non-hydrogen) atoms. The van der Waals surface area contributed by atoms with Crippen LogP contribution >= 0.6 is 0 Å². The zero-order valence-electron chi connectivity index (χ0n) is 14.3. The van der Waals surface area contributed by atoms with Crippen molar-refractivity contribution in [2.75, 3.05) is 6.54 Å². The van der Waals surface area contributed by atoms with Gasteiger partial charge < -0.3 is 10.1 Å². The Bertz CT molecular complexity index is 652. The SMILES string of the molecule is Cc1cccc(O[C@H](C)C(=O)NC[C@H](C)c2ccccc2)c1C. The number of aryl methyl sites for hydroxylation is 1. The van der Waals surface area contributed by atoms with Gasteiger partial charge in [-0.1, -0.05) is 49.4 Å².